The zero-order valence-electron chi connectivity index (χ0n) is 19.7. The molecule has 3 aromatic heterocycles. The SMILES string of the molecule is C=Nn1cc(-c2[nH]c3ccc(N4CC5CCC(C4)N5)nc3c2C(C)C)c(C)c(C)c1=NC. The van der Waals surface area contributed by atoms with Gasteiger partial charge in [-0.1, -0.05) is 13.8 Å². The van der Waals surface area contributed by atoms with E-state index in [0.29, 0.717) is 18.0 Å². The molecule has 168 valence electrons. The van der Waals surface area contributed by atoms with Gasteiger partial charge in [-0.3, -0.25) is 4.99 Å². The van der Waals surface area contributed by atoms with Crippen LogP contribution in [0.5, 0.6) is 0 Å². The van der Waals surface area contributed by atoms with Gasteiger partial charge in [-0.25, -0.2) is 9.66 Å². The second-order valence-electron chi connectivity index (χ2n) is 9.50. The number of hydrogen-bond acceptors (Lipinski definition) is 5. The Kier molecular flexibility index (Phi) is 5.16. The van der Waals surface area contributed by atoms with Crippen LogP contribution >= 0.6 is 0 Å². The smallest absolute Gasteiger partial charge is 0.151 e. The summed E-state index contributed by atoms with van der Waals surface area (Å²) in [5.41, 5.74) is 8.75. The number of aromatic nitrogens is 3. The fraction of sp³-hybridized carbons (Fsp3) is 0.480. The Bertz CT molecular complexity index is 1250. The molecular weight excluding hydrogens is 398 g/mol. The van der Waals surface area contributed by atoms with E-state index in [2.05, 4.69) is 71.8 Å². The van der Waals surface area contributed by atoms with Gasteiger partial charge in [0.15, 0.2) is 5.49 Å². The van der Waals surface area contributed by atoms with Gasteiger partial charge in [0.25, 0.3) is 0 Å². The molecule has 3 aromatic rings. The van der Waals surface area contributed by atoms with Crippen molar-refractivity contribution in [2.24, 2.45) is 10.1 Å². The molecule has 0 spiro atoms. The molecule has 0 aliphatic carbocycles. The molecule has 2 saturated heterocycles. The van der Waals surface area contributed by atoms with E-state index in [4.69, 9.17) is 4.98 Å². The minimum Gasteiger partial charge on any atom is -0.353 e. The Morgan fingerprint density at radius 2 is 1.84 bits per heavy atom. The van der Waals surface area contributed by atoms with Gasteiger partial charge in [0.2, 0.25) is 0 Å². The summed E-state index contributed by atoms with van der Waals surface area (Å²) in [6.45, 7) is 14.5. The van der Waals surface area contributed by atoms with E-state index in [1.165, 1.54) is 24.0 Å². The van der Waals surface area contributed by atoms with Crippen molar-refractivity contribution in [3.63, 3.8) is 0 Å². The third-order valence-electron chi connectivity index (χ3n) is 7.19. The van der Waals surface area contributed by atoms with Crippen LogP contribution in [0.3, 0.4) is 0 Å². The zero-order chi connectivity index (χ0) is 22.6. The van der Waals surface area contributed by atoms with Gasteiger partial charge in [0.05, 0.1) is 16.7 Å². The number of nitrogens with one attached hydrogen (secondary N) is 2. The lowest BCUT2D eigenvalue weighted by atomic mass is 9.95. The highest BCUT2D eigenvalue weighted by Gasteiger charge is 2.33. The molecule has 2 atom stereocenters. The van der Waals surface area contributed by atoms with Gasteiger partial charge in [0, 0.05) is 56.3 Å². The molecule has 2 aliphatic rings. The normalized spacial score (nSPS) is 21.2. The topological polar surface area (TPSA) is 73.6 Å². The van der Waals surface area contributed by atoms with Gasteiger partial charge in [-0.05, 0) is 55.9 Å². The average Bonchev–Trinajstić information content (AvgIpc) is 3.33. The van der Waals surface area contributed by atoms with Crippen LogP contribution in [0.4, 0.5) is 5.82 Å². The van der Waals surface area contributed by atoms with Crippen molar-refractivity contribution in [3.8, 4) is 11.3 Å². The molecule has 32 heavy (non-hydrogen) atoms. The summed E-state index contributed by atoms with van der Waals surface area (Å²) in [6.07, 6.45) is 4.57. The number of piperazine rings is 1. The number of fused-ring (bicyclic) bond motifs is 3. The van der Waals surface area contributed by atoms with E-state index in [1.54, 1.807) is 11.7 Å². The molecule has 5 heterocycles. The number of hydrogen-bond donors (Lipinski definition) is 2. The molecule has 0 saturated carbocycles. The first-order chi connectivity index (χ1) is 15.4. The van der Waals surface area contributed by atoms with Crippen molar-refractivity contribution in [2.75, 3.05) is 25.0 Å². The monoisotopic (exact) mass is 431 g/mol. The number of anilines is 1. The van der Waals surface area contributed by atoms with Crippen molar-refractivity contribution in [1.82, 2.24) is 20.0 Å². The first-order valence-corrected chi connectivity index (χ1v) is 11.6. The highest BCUT2D eigenvalue weighted by Crippen LogP contribution is 2.37. The van der Waals surface area contributed by atoms with E-state index < -0.39 is 0 Å². The number of nitrogens with zero attached hydrogens (tertiary/aromatic N) is 5. The average molecular weight is 432 g/mol. The zero-order valence-corrected chi connectivity index (χ0v) is 19.7. The van der Waals surface area contributed by atoms with E-state index in [-0.39, 0.29) is 0 Å². The van der Waals surface area contributed by atoms with Crippen LogP contribution in [0, 0.1) is 13.8 Å². The van der Waals surface area contributed by atoms with Gasteiger partial charge >= 0.3 is 0 Å². The molecular formula is C25H33N7. The molecule has 7 heteroatoms. The second-order valence-corrected chi connectivity index (χ2v) is 9.50. The van der Waals surface area contributed by atoms with Gasteiger partial charge in [0.1, 0.15) is 5.82 Å². The standard InChI is InChI=1S/C25H33N7/c1-14(2)22-23(19-13-32(27-6)25(26-5)16(4)15(19)3)29-20-9-10-21(30-24(20)22)31-11-17-7-8-18(12-31)28-17/h9-10,13-14,17-18,28-29H,6-8,11-12H2,1-5H3. The predicted octanol–water partition coefficient (Wildman–Crippen LogP) is 3.71. The van der Waals surface area contributed by atoms with Crippen LogP contribution in [-0.4, -0.2) is 53.6 Å². The Labute approximate surface area is 189 Å². The van der Waals surface area contributed by atoms with Gasteiger partial charge in [-0.15, -0.1) is 0 Å². The van der Waals surface area contributed by atoms with E-state index in [0.717, 1.165) is 52.2 Å². The Morgan fingerprint density at radius 1 is 1.12 bits per heavy atom. The van der Waals surface area contributed by atoms with Crippen LogP contribution in [0.25, 0.3) is 22.3 Å². The van der Waals surface area contributed by atoms with Crippen molar-refractivity contribution in [2.45, 2.75) is 58.5 Å². The van der Waals surface area contributed by atoms with Crippen LogP contribution in [-0.2, 0) is 0 Å². The number of rotatable bonds is 4. The quantitative estimate of drug-likeness (QED) is 0.619. The maximum absolute atomic E-state index is 5.20. The molecule has 2 fully saturated rings. The molecule has 0 radical (unpaired) electrons. The molecule has 7 nitrogen and oxygen atoms in total. The maximum Gasteiger partial charge on any atom is 0.151 e. The van der Waals surface area contributed by atoms with Gasteiger partial charge in [-0.2, -0.15) is 5.10 Å². The maximum atomic E-state index is 5.20. The molecule has 0 aromatic carbocycles. The third kappa shape index (κ3) is 3.26. The summed E-state index contributed by atoms with van der Waals surface area (Å²) in [7, 11) is 1.79. The molecule has 2 bridgehead atoms. The lowest BCUT2D eigenvalue weighted by molar-refractivity contribution is 0.464. The third-order valence-corrected chi connectivity index (χ3v) is 7.19. The highest BCUT2D eigenvalue weighted by atomic mass is 15.3. The van der Waals surface area contributed by atoms with Crippen molar-refractivity contribution < 1.29 is 0 Å². The largest absolute Gasteiger partial charge is 0.353 e. The number of pyridine rings is 2. The second kappa shape index (κ2) is 7.89. The van der Waals surface area contributed by atoms with Gasteiger partial charge < -0.3 is 15.2 Å². The number of H-pyrrole nitrogens is 1. The van der Waals surface area contributed by atoms with E-state index in [9.17, 15) is 0 Å². The molecule has 2 unspecified atom stereocenters. The fourth-order valence-corrected chi connectivity index (χ4v) is 5.46. The number of aromatic amines is 1. The Hall–Kier alpha value is -2.93. The summed E-state index contributed by atoms with van der Waals surface area (Å²) in [5, 5.41) is 7.90. The summed E-state index contributed by atoms with van der Waals surface area (Å²) < 4.78 is 1.77. The molecule has 2 aliphatic heterocycles. The van der Waals surface area contributed by atoms with Crippen LogP contribution in [0.2, 0.25) is 0 Å². The first kappa shape index (κ1) is 20.9. The minimum atomic E-state index is 0.320. The van der Waals surface area contributed by atoms with E-state index in [1.807, 2.05) is 6.20 Å². The highest BCUT2D eigenvalue weighted by molar-refractivity contribution is 5.90. The van der Waals surface area contributed by atoms with Crippen molar-refractivity contribution in [1.29, 1.82) is 0 Å². The molecule has 2 N–H and O–H groups in total. The summed E-state index contributed by atoms with van der Waals surface area (Å²) >= 11 is 0. The summed E-state index contributed by atoms with van der Waals surface area (Å²) in [5.74, 6) is 1.40. The van der Waals surface area contributed by atoms with Crippen LogP contribution in [0.15, 0.2) is 28.4 Å². The summed E-state index contributed by atoms with van der Waals surface area (Å²) in [4.78, 5) is 15.7. The summed E-state index contributed by atoms with van der Waals surface area (Å²) in [6, 6.07) is 5.54. The van der Waals surface area contributed by atoms with Crippen molar-refractivity contribution >= 4 is 23.6 Å². The first-order valence-electron chi connectivity index (χ1n) is 11.6. The van der Waals surface area contributed by atoms with Crippen LogP contribution < -0.4 is 15.7 Å². The Balaban J connectivity index is 1.67. The van der Waals surface area contributed by atoms with Crippen LogP contribution in [0.1, 0.15) is 49.3 Å². The van der Waals surface area contributed by atoms with Crippen molar-refractivity contribution in [3.05, 3.63) is 40.5 Å². The minimum absolute atomic E-state index is 0.320. The predicted molar refractivity (Wildman–Crippen MR) is 132 cm³/mol. The molecule has 5 rings (SSSR count). The Morgan fingerprint density at radius 3 is 2.47 bits per heavy atom. The fourth-order valence-electron chi connectivity index (χ4n) is 5.46. The van der Waals surface area contributed by atoms with E-state index >= 15 is 0 Å². The lowest BCUT2D eigenvalue weighted by Crippen LogP contribution is -2.51. The molecule has 0 amide bonds. The lowest BCUT2D eigenvalue weighted by Gasteiger charge is -2.33.